The fraction of sp³-hybridized carbons (Fsp3) is 0.235. The van der Waals surface area contributed by atoms with Crippen LogP contribution in [0.3, 0.4) is 0 Å². The molecule has 20 heavy (non-hydrogen) atoms. The first-order chi connectivity index (χ1) is 9.60. The molecule has 102 valence electrons. The van der Waals surface area contributed by atoms with E-state index in [9.17, 15) is 9.70 Å². The second kappa shape index (κ2) is 6.24. The highest BCUT2D eigenvalue weighted by atomic mass is 16.3. The van der Waals surface area contributed by atoms with Gasteiger partial charge in [-0.25, -0.2) is 0 Å². The highest BCUT2D eigenvalue weighted by molar-refractivity contribution is 5.96. The highest BCUT2D eigenvalue weighted by Gasteiger charge is 2.17. The molecule has 2 rings (SSSR count). The van der Waals surface area contributed by atoms with E-state index in [4.69, 9.17) is 0 Å². The summed E-state index contributed by atoms with van der Waals surface area (Å²) in [4.78, 5) is 23.2. The van der Waals surface area contributed by atoms with Gasteiger partial charge >= 0.3 is 0 Å². The maximum atomic E-state index is 12.2. The number of benzene rings is 2. The summed E-state index contributed by atoms with van der Waals surface area (Å²) in [6, 6.07) is 14.3. The number of carbonyl (C=O) groups excluding carboxylic acids is 1. The van der Waals surface area contributed by atoms with Crippen LogP contribution in [-0.2, 0) is 0 Å². The Kier molecular flexibility index (Phi) is 4.41. The van der Waals surface area contributed by atoms with E-state index in [1.165, 1.54) is 0 Å². The van der Waals surface area contributed by atoms with E-state index in [1.54, 1.807) is 12.1 Å². The summed E-state index contributed by atoms with van der Waals surface area (Å²) in [7, 11) is 0. The molecule has 3 heteroatoms. The molecule has 0 radical (unpaired) electrons. The number of ketones is 1. The normalized spacial score (nSPS) is 11.9. The fourth-order valence-electron chi connectivity index (χ4n) is 2.04. The third-order valence-electron chi connectivity index (χ3n) is 3.34. The molecule has 2 aromatic carbocycles. The van der Waals surface area contributed by atoms with Crippen molar-refractivity contribution in [2.75, 3.05) is 0 Å². The van der Waals surface area contributed by atoms with Crippen LogP contribution in [0.5, 0.6) is 0 Å². The quantitative estimate of drug-likeness (QED) is 0.596. The Morgan fingerprint density at radius 1 is 0.950 bits per heavy atom. The predicted octanol–water partition coefficient (Wildman–Crippen LogP) is 4.38. The molecule has 0 aliphatic carbocycles. The van der Waals surface area contributed by atoms with Gasteiger partial charge in [0.15, 0.2) is 5.78 Å². The first-order valence-corrected chi connectivity index (χ1v) is 6.59. The van der Waals surface area contributed by atoms with Gasteiger partial charge in [-0.05, 0) is 19.4 Å². The third-order valence-corrected chi connectivity index (χ3v) is 3.34. The maximum Gasteiger partial charge on any atom is 0.165 e. The minimum atomic E-state index is -0.621. The van der Waals surface area contributed by atoms with E-state index in [1.807, 2.05) is 50.2 Å². The standard InChI is InChI=1S/C17H17NO2/c1-12-3-7-14(8-4-12)16(18-20)11-17(19)15-9-5-13(2)6-10-15/h3-10,16H,11H2,1-2H3. The Hall–Kier alpha value is -2.29. The van der Waals surface area contributed by atoms with Crippen molar-refractivity contribution in [1.82, 2.24) is 0 Å². The van der Waals surface area contributed by atoms with Gasteiger partial charge in [0, 0.05) is 12.0 Å². The average molecular weight is 267 g/mol. The van der Waals surface area contributed by atoms with Crippen LogP contribution in [0.25, 0.3) is 0 Å². The van der Waals surface area contributed by atoms with Gasteiger partial charge in [-0.3, -0.25) is 4.79 Å². The summed E-state index contributed by atoms with van der Waals surface area (Å²) in [6.07, 6.45) is 0.107. The zero-order valence-corrected chi connectivity index (χ0v) is 11.7. The summed E-state index contributed by atoms with van der Waals surface area (Å²) >= 11 is 0. The molecule has 0 aliphatic heterocycles. The van der Waals surface area contributed by atoms with E-state index in [-0.39, 0.29) is 12.2 Å². The van der Waals surface area contributed by atoms with Gasteiger partial charge in [0.1, 0.15) is 6.04 Å². The molecule has 2 aromatic rings. The molecular weight excluding hydrogens is 250 g/mol. The summed E-state index contributed by atoms with van der Waals surface area (Å²) < 4.78 is 0. The Bertz CT molecular complexity index is 600. The Morgan fingerprint density at radius 2 is 1.45 bits per heavy atom. The van der Waals surface area contributed by atoms with E-state index < -0.39 is 6.04 Å². The fourth-order valence-corrected chi connectivity index (χ4v) is 2.04. The van der Waals surface area contributed by atoms with Crippen LogP contribution < -0.4 is 0 Å². The van der Waals surface area contributed by atoms with E-state index in [2.05, 4.69) is 5.18 Å². The molecule has 0 heterocycles. The number of hydrogen-bond acceptors (Lipinski definition) is 3. The molecule has 0 fully saturated rings. The summed E-state index contributed by atoms with van der Waals surface area (Å²) in [5.41, 5.74) is 3.62. The molecule has 0 N–H and O–H groups in total. The van der Waals surface area contributed by atoms with Gasteiger partial charge in [-0.15, -0.1) is 0 Å². The predicted molar refractivity (Wildman–Crippen MR) is 79.8 cm³/mol. The first kappa shape index (κ1) is 14.1. The second-order valence-corrected chi connectivity index (χ2v) is 5.03. The number of nitroso groups, excluding NO2 is 1. The van der Waals surface area contributed by atoms with E-state index in [0.717, 1.165) is 16.7 Å². The van der Waals surface area contributed by atoms with Gasteiger partial charge in [-0.2, -0.15) is 4.91 Å². The maximum absolute atomic E-state index is 12.2. The van der Waals surface area contributed by atoms with Gasteiger partial charge in [-0.1, -0.05) is 64.8 Å². The van der Waals surface area contributed by atoms with Crippen molar-refractivity contribution in [3.63, 3.8) is 0 Å². The monoisotopic (exact) mass is 267 g/mol. The van der Waals surface area contributed by atoms with Gasteiger partial charge in [0.05, 0.1) is 0 Å². The molecule has 0 spiro atoms. The summed E-state index contributed by atoms with van der Waals surface area (Å²) in [5, 5.41) is 3.10. The number of carbonyl (C=O) groups is 1. The number of nitrogens with zero attached hydrogens (tertiary/aromatic N) is 1. The van der Waals surface area contributed by atoms with Crippen LogP contribution >= 0.6 is 0 Å². The molecule has 0 aromatic heterocycles. The topological polar surface area (TPSA) is 46.5 Å². The lowest BCUT2D eigenvalue weighted by molar-refractivity contribution is 0.0974. The van der Waals surface area contributed by atoms with Crippen LogP contribution in [0.15, 0.2) is 53.7 Å². The second-order valence-electron chi connectivity index (χ2n) is 5.03. The SMILES string of the molecule is Cc1ccc(C(=O)CC(N=O)c2ccc(C)cc2)cc1. The zero-order valence-electron chi connectivity index (χ0n) is 11.7. The molecule has 0 bridgehead atoms. The Morgan fingerprint density at radius 3 is 1.95 bits per heavy atom. The molecule has 0 aliphatic rings. The van der Waals surface area contributed by atoms with Crippen molar-refractivity contribution in [1.29, 1.82) is 0 Å². The zero-order chi connectivity index (χ0) is 14.5. The van der Waals surface area contributed by atoms with Crippen LogP contribution in [0.4, 0.5) is 0 Å². The Labute approximate surface area is 118 Å². The molecule has 1 unspecified atom stereocenters. The first-order valence-electron chi connectivity index (χ1n) is 6.59. The summed E-state index contributed by atoms with van der Waals surface area (Å²) in [6.45, 7) is 3.95. The minimum Gasteiger partial charge on any atom is -0.294 e. The number of Topliss-reactive ketones (excluding diaryl/α,β-unsaturated/α-hetero) is 1. The number of hydrogen-bond donors (Lipinski definition) is 0. The molecule has 1 atom stereocenters. The molecule has 0 amide bonds. The van der Waals surface area contributed by atoms with Crippen molar-refractivity contribution < 1.29 is 4.79 Å². The average Bonchev–Trinajstić information content (AvgIpc) is 2.46. The van der Waals surface area contributed by atoms with Gasteiger partial charge in [0.25, 0.3) is 0 Å². The largest absolute Gasteiger partial charge is 0.294 e. The minimum absolute atomic E-state index is 0.0600. The molecule has 3 nitrogen and oxygen atoms in total. The lowest BCUT2D eigenvalue weighted by atomic mass is 9.97. The van der Waals surface area contributed by atoms with Gasteiger partial charge < -0.3 is 0 Å². The van der Waals surface area contributed by atoms with Crippen LogP contribution in [0, 0.1) is 18.8 Å². The lowest BCUT2D eigenvalue weighted by Gasteiger charge is -2.09. The molecule has 0 saturated heterocycles. The van der Waals surface area contributed by atoms with Crippen molar-refractivity contribution >= 4 is 5.78 Å². The Balaban J connectivity index is 2.13. The third kappa shape index (κ3) is 3.38. The number of aryl methyl sites for hydroxylation is 2. The van der Waals surface area contributed by atoms with Crippen molar-refractivity contribution in [3.8, 4) is 0 Å². The molecule has 0 saturated carbocycles. The van der Waals surface area contributed by atoms with Crippen LogP contribution in [0.1, 0.15) is 39.5 Å². The molecular formula is C17H17NO2. The van der Waals surface area contributed by atoms with Crippen molar-refractivity contribution in [2.24, 2.45) is 5.18 Å². The van der Waals surface area contributed by atoms with Gasteiger partial charge in [0.2, 0.25) is 0 Å². The van der Waals surface area contributed by atoms with E-state index >= 15 is 0 Å². The van der Waals surface area contributed by atoms with Crippen molar-refractivity contribution in [2.45, 2.75) is 26.3 Å². The van der Waals surface area contributed by atoms with Crippen LogP contribution in [-0.4, -0.2) is 5.78 Å². The smallest absolute Gasteiger partial charge is 0.165 e. The van der Waals surface area contributed by atoms with Crippen LogP contribution in [0.2, 0.25) is 0 Å². The summed E-state index contributed by atoms with van der Waals surface area (Å²) in [5.74, 6) is -0.0600. The number of rotatable bonds is 5. The van der Waals surface area contributed by atoms with Crippen molar-refractivity contribution in [3.05, 3.63) is 75.7 Å². The van der Waals surface area contributed by atoms with E-state index in [0.29, 0.717) is 5.56 Å². The lowest BCUT2D eigenvalue weighted by Crippen LogP contribution is -2.06. The highest BCUT2D eigenvalue weighted by Crippen LogP contribution is 2.23.